The molecule has 0 saturated carbocycles. The molecule has 1 spiro atoms. The highest BCUT2D eigenvalue weighted by Crippen LogP contribution is 2.60. The Morgan fingerprint density at radius 3 is 2.29 bits per heavy atom. The zero-order valence-electron chi connectivity index (χ0n) is 15.4. The summed E-state index contributed by atoms with van der Waals surface area (Å²) in [6.07, 6.45) is 6.60. The van der Waals surface area contributed by atoms with Gasteiger partial charge in [0.25, 0.3) is 0 Å². The Hall–Kier alpha value is -1.35. The topological polar surface area (TPSA) is 34.1 Å². The van der Waals surface area contributed by atoms with Crippen LogP contribution in [0.4, 0.5) is 0 Å². The SMILES string of the molecule is CC1=CC[C@@H](C)[C@]12CC(C)(C)C=C2CS(=O)(=O)c1ccc(C)cc1. The predicted octanol–water partition coefficient (Wildman–Crippen LogP) is 5.10. The molecule has 0 bridgehead atoms. The van der Waals surface area contributed by atoms with Gasteiger partial charge in [0.05, 0.1) is 10.6 Å². The Morgan fingerprint density at radius 2 is 1.75 bits per heavy atom. The van der Waals surface area contributed by atoms with Crippen LogP contribution in [0.15, 0.2) is 52.5 Å². The molecule has 3 heteroatoms. The second kappa shape index (κ2) is 5.59. The Morgan fingerprint density at radius 1 is 1.12 bits per heavy atom. The van der Waals surface area contributed by atoms with Crippen molar-refractivity contribution in [3.63, 3.8) is 0 Å². The number of aryl methyl sites for hydroxylation is 1. The number of hydrogen-bond donors (Lipinski definition) is 0. The summed E-state index contributed by atoms with van der Waals surface area (Å²) < 4.78 is 26.0. The average molecular weight is 345 g/mol. The van der Waals surface area contributed by atoms with Crippen molar-refractivity contribution in [1.29, 1.82) is 0 Å². The van der Waals surface area contributed by atoms with E-state index in [-0.39, 0.29) is 16.6 Å². The summed E-state index contributed by atoms with van der Waals surface area (Å²) in [5, 5.41) is 0. The third-order valence-electron chi connectivity index (χ3n) is 5.92. The number of hydrogen-bond acceptors (Lipinski definition) is 2. The van der Waals surface area contributed by atoms with E-state index < -0.39 is 9.84 Å². The van der Waals surface area contributed by atoms with Gasteiger partial charge in [-0.25, -0.2) is 8.42 Å². The van der Waals surface area contributed by atoms with E-state index in [9.17, 15) is 8.42 Å². The first-order chi connectivity index (χ1) is 11.1. The van der Waals surface area contributed by atoms with Gasteiger partial charge in [-0.05, 0) is 55.7 Å². The maximum Gasteiger partial charge on any atom is 0.182 e. The monoisotopic (exact) mass is 344 g/mol. The summed E-state index contributed by atoms with van der Waals surface area (Å²) in [5.74, 6) is 0.605. The highest BCUT2D eigenvalue weighted by atomic mass is 32.2. The van der Waals surface area contributed by atoms with Gasteiger partial charge in [-0.3, -0.25) is 0 Å². The van der Waals surface area contributed by atoms with Gasteiger partial charge in [-0.2, -0.15) is 0 Å². The molecule has 0 heterocycles. The lowest BCUT2D eigenvalue weighted by molar-refractivity contribution is 0.247. The number of sulfone groups is 1. The van der Waals surface area contributed by atoms with Crippen LogP contribution in [0.2, 0.25) is 0 Å². The van der Waals surface area contributed by atoms with Crippen molar-refractivity contribution in [2.45, 2.75) is 52.4 Å². The number of rotatable bonds is 3. The van der Waals surface area contributed by atoms with E-state index in [4.69, 9.17) is 0 Å². The van der Waals surface area contributed by atoms with Gasteiger partial charge in [0.2, 0.25) is 0 Å². The maximum absolute atomic E-state index is 13.0. The molecule has 130 valence electrons. The molecular weight excluding hydrogens is 316 g/mol. The molecule has 2 aliphatic rings. The van der Waals surface area contributed by atoms with Crippen LogP contribution in [-0.4, -0.2) is 14.2 Å². The maximum atomic E-state index is 13.0. The lowest BCUT2D eigenvalue weighted by atomic mass is 9.68. The third kappa shape index (κ3) is 2.77. The van der Waals surface area contributed by atoms with Crippen molar-refractivity contribution in [2.75, 3.05) is 5.75 Å². The van der Waals surface area contributed by atoms with Gasteiger partial charge in [0, 0.05) is 5.41 Å². The Balaban J connectivity index is 2.01. The normalized spacial score (nSPS) is 29.0. The Kier molecular flexibility index (Phi) is 4.07. The molecule has 24 heavy (non-hydrogen) atoms. The van der Waals surface area contributed by atoms with Crippen LogP contribution >= 0.6 is 0 Å². The first-order valence-corrected chi connectivity index (χ1v) is 10.4. The Labute approximate surface area is 146 Å². The second-order valence-electron chi connectivity index (χ2n) is 8.40. The molecule has 0 radical (unpaired) electrons. The fraction of sp³-hybridized carbons (Fsp3) is 0.524. The molecule has 2 atom stereocenters. The standard InChI is InChI=1S/C21H28O2S/c1-15-6-10-19(11-7-15)24(22,23)13-18-12-20(4,5)14-21(18)16(2)8-9-17(21)3/h6-8,10-12,17H,9,13-14H2,1-5H3/t17-,21+/m1/s1. The molecule has 0 N–H and O–H groups in total. The van der Waals surface area contributed by atoms with E-state index in [1.54, 1.807) is 12.1 Å². The highest BCUT2D eigenvalue weighted by molar-refractivity contribution is 7.91. The molecule has 0 aromatic heterocycles. The van der Waals surface area contributed by atoms with E-state index in [1.807, 2.05) is 19.1 Å². The summed E-state index contributed by atoms with van der Waals surface area (Å²) in [6.45, 7) is 10.9. The Bertz CT molecular complexity index is 810. The minimum absolute atomic E-state index is 0.0474. The summed E-state index contributed by atoms with van der Waals surface area (Å²) in [6, 6.07) is 7.22. The molecule has 1 aromatic rings. The molecular formula is C21H28O2S. The number of benzene rings is 1. The highest BCUT2D eigenvalue weighted by Gasteiger charge is 2.51. The zero-order valence-corrected chi connectivity index (χ0v) is 16.2. The van der Waals surface area contributed by atoms with Gasteiger partial charge >= 0.3 is 0 Å². The average Bonchev–Trinajstić information content (AvgIpc) is 2.90. The second-order valence-corrected chi connectivity index (χ2v) is 10.4. The molecule has 2 aliphatic carbocycles. The largest absolute Gasteiger partial charge is 0.223 e. The first kappa shape index (κ1) is 17.5. The van der Waals surface area contributed by atoms with E-state index in [0.717, 1.165) is 24.0 Å². The lowest BCUT2D eigenvalue weighted by Gasteiger charge is -2.37. The molecule has 0 aliphatic heterocycles. The fourth-order valence-electron chi connectivity index (χ4n) is 4.70. The van der Waals surface area contributed by atoms with E-state index in [1.165, 1.54) is 5.57 Å². The van der Waals surface area contributed by atoms with Crippen molar-refractivity contribution >= 4 is 9.84 Å². The van der Waals surface area contributed by atoms with Crippen molar-refractivity contribution in [2.24, 2.45) is 16.7 Å². The number of allylic oxidation sites excluding steroid dienone is 3. The molecule has 0 fully saturated rings. The molecule has 2 nitrogen and oxygen atoms in total. The fourth-order valence-corrected chi connectivity index (χ4v) is 6.16. The van der Waals surface area contributed by atoms with Crippen LogP contribution in [-0.2, 0) is 9.84 Å². The van der Waals surface area contributed by atoms with Crippen molar-refractivity contribution < 1.29 is 8.42 Å². The molecule has 0 unspecified atom stereocenters. The molecule has 1 aromatic carbocycles. The van der Waals surface area contributed by atoms with Crippen LogP contribution in [0, 0.1) is 23.7 Å². The summed E-state index contributed by atoms with van der Waals surface area (Å²) in [5.41, 5.74) is 3.51. The van der Waals surface area contributed by atoms with Crippen LogP contribution < -0.4 is 0 Å². The van der Waals surface area contributed by atoms with Gasteiger partial charge in [0.1, 0.15) is 0 Å². The van der Waals surface area contributed by atoms with Crippen molar-refractivity contribution in [1.82, 2.24) is 0 Å². The summed E-state index contributed by atoms with van der Waals surface area (Å²) in [4.78, 5) is 0.432. The van der Waals surface area contributed by atoms with Gasteiger partial charge in [0.15, 0.2) is 9.84 Å². The summed E-state index contributed by atoms with van der Waals surface area (Å²) >= 11 is 0. The van der Waals surface area contributed by atoms with Crippen LogP contribution in [0.5, 0.6) is 0 Å². The molecule has 3 rings (SSSR count). The van der Waals surface area contributed by atoms with E-state index in [0.29, 0.717) is 10.8 Å². The van der Waals surface area contributed by atoms with Crippen molar-refractivity contribution in [3.05, 3.63) is 53.1 Å². The predicted molar refractivity (Wildman–Crippen MR) is 99.7 cm³/mol. The first-order valence-electron chi connectivity index (χ1n) is 8.76. The lowest BCUT2D eigenvalue weighted by Crippen LogP contribution is -2.31. The quantitative estimate of drug-likeness (QED) is 0.715. The van der Waals surface area contributed by atoms with E-state index in [2.05, 4.69) is 39.8 Å². The smallest absolute Gasteiger partial charge is 0.182 e. The minimum Gasteiger partial charge on any atom is -0.223 e. The molecule has 0 saturated heterocycles. The minimum atomic E-state index is -3.32. The van der Waals surface area contributed by atoms with Gasteiger partial charge < -0.3 is 0 Å². The van der Waals surface area contributed by atoms with Crippen LogP contribution in [0.1, 0.15) is 46.1 Å². The van der Waals surface area contributed by atoms with E-state index >= 15 is 0 Å². The van der Waals surface area contributed by atoms with Crippen LogP contribution in [0.25, 0.3) is 0 Å². The van der Waals surface area contributed by atoms with Crippen LogP contribution in [0.3, 0.4) is 0 Å². The summed E-state index contributed by atoms with van der Waals surface area (Å²) in [7, 11) is -3.32. The third-order valence-corrected chi connectivity index (χ3v) is 7.60. The van der Waals surface area contributed by atoms with Crippen molar-refractivity contribution in [3.8, 4) is 0 Å². The van der Waals surface area contributed by atoms with Gasteiger partial charge in [-0.1, -0.05) is 56.2 Å². The molecule has 0 amide bonds. The zero-order chi connectivity index (χ0) is 17.8. The van der Waals surface area contributed by atoms with Gasteiger partial charge in [-0.15, -0.1) is 0 Å².